The summed E-state index contributed by atoms with van der Waals surface area (Å²) in [5.41, 5.74) is 1.77. The minimum Gasteiger partial charge on any atom is -0.496 e. The second-order valence-corrected chi connectivity index (χ2v) is 13.5. The molecule has 11 nitrogen and oxygen atoms in total. The zero-order valence-corrected chi connectivity index (χ0v) is 29.0. The third kappa shape index (κ3) is 9.50. The summed E-state index contributed by atoms with van der Waals surface area (Å²) in [5.74, 6) is -1.38. The van der Waals surface area contributed by atoms with E-state index in [-0.39, 0.29) is 12.5 Å². The smallest absolute Gasteiger partial charge is 0.329 e. The van der Waals surface area contributed by atoms with Crippen LogP contribution in [0.4, 0.5) is 5.69 Å². The minimum atomic E-state index is -0.871. The summed E-state index contributed by atoms with van der Waals surface area (Å²) in [7, 11) is 3.57. The van der Waals surface area contributed by atoms with Crippen LogP contribution in [-0.4, -0.2) is 104 Å². The normalized spacial score (nSPS) is 18.1. The van der Waals surface area contributed by atoms with Crippen molar-refractivity contribution in [3.8, 4) is 5.75 Å². The van der Waals surface area contributed by atoms with Gasteiger partial charge in [-0.3, -0.25) is 24.1 Å². The minimum absolute atomic E-state index is 0.122. The number of ether oxygens (including phenoxy) is 2. The predicted octanol–water partition coefficient (Wildman–Crippen LogP) is 4.30. The molecule has 0 aromatic heterocycles. The van der Waals surface area contributed by atoms with Crippen LogP contribution < -0.4 is 10.1 Å². The molecule has 0 aliphatic carbocycles. The maximum Gasteiger partial charge on any atom is 0.329 e. The van der Waals surface area contributed by atoms with Crippen LogP contribution in [0.2, 0.25) is 0 Å². The van der Waals surface area contributed by atoms with Gasteiger partial charge in [-0.05, 0) is 81.0 Å². The van der Waals surface area contributed by atoms with Gasteiger partial charge in [0, 0.05) is 43.8 Å². The molecule has 2 amide bonds. The van der Waals surface area contributed by atoms with E-state index in [0.717, 1.165) is 44.4 Å². The number of aryl methyl sites for hydroxylation is 1. The Morgan fingerprint density at radius 3 is 2.46 bits per heavy atom. The van der Waals surface area contributed by atoms with E-state index in [0.29, 0.717) is 61.2 Å². The number of methoxy groups -OCH3 is 1. The molecule has 11 heteroatoms. The maximum absolute atomic E-state index is 13.9. The molecule has 2 aliphatic rings. The van der Waals surface area contributed by atoms with Gasteiger partial charge in [0.25, 0.3) is 5.91 Å². The van der Waals surface area contributed by atoms with Gasteiger partial charge in [0.15, 0.2) is 6.29 Å². The number of Topliss-reactive ketones (excluding diaryl/α,β-unsaturated/α-hetero) is 1. The highest BCUT2D eigenvalue weighted by Crippen LogP contribution is 2.31. The number of nitrogens with one attached hydrogen (secondary N) is 1. The Morgan fingerprint density at radius 2 is 1.77 bits per heavy atom. The number of hydrogen-bond acceptors (Lipinski definition) is 9. The molecule has 260 valence electrons. The molecule has 0 radical (unpaired) electrons. The lowest BCUT2D eigenvalue weighted by molar-refractivity contribution is -0.164. The number of likely N-dealkylation sites (tertiary alicyclic amines) is 1. The second kappa shape index (κ2) is 16.8. The molecule has 2 fully saturated rings. The Hall–Kier alpha value is -4.09. The monoisotopic (exact) mass is 662 g/mol. The van der Waals surface area contributed by atoms with Gasteiger partial charge in [0.2, 0.25) is 11.7 Å². The van der Waals surface area contributed by atoms with Crippen LogP contribution in [0.15, 0.2) is 42.5 Å². The molecule has 2 heterocycles. The lowest BCUT2D eigenvalue weighted by atomic mass is 9.84. The van der Waals surface area contributed by atoms with Gasteiger partial charge < -0.3 is 24.6 Å². The SMILES string of the molecule is CCC(C)(C)C(=O)C(=O)N1CCCC[C@H]1C(=O)O[C@H](CCc1ccc(C=O)c(OC)c1)c1cccc(NC(=O)CN2CCN(C)CC2)c1. The number of nitrogens with zero attached hydrogens (tertiary/aromatic N) is 3. The molecule has 2 saturated heterocycles. The Bertz CT molecular complexity index is 1470. The first kappa shape index (κ1) is 36.7. The summed E-state index contributed by atoms with van der Waals surface area (Å²) in [4.78, 5) is 70.5. The van der Waals surface area contributed by atoms with Crippen LogP contribution in [0.25, 0.3) is 0 Å². The van der Waals surface area contributed by atoms with Crippen molar-refractivity contribution in [3.63, 3.8) is 0 Å². The van der Waals surface area contributed by atoms with E-state index in [1.807, 2.05) is 31.2 Å². The number of anilines is 1. The second-order valence-electron chi connectivity index (χ2n) is 13.5. The largest absolute Gasteiger partial charge is 0.496 e. The van der Waals surface area contributed by atoms with E-state index in [1.54, 1.807) is 32.0 Å². The standard InChI is InChI=1S/C37H50N4O7/c1-6-37(2,3)34(44)35(45)41-17-8-7-12-30(41)36(46)48-31(16-14-26-13-15-28(25-42)32(22-26)47-5)27-10-9-11-29(23-27)38-33(43)24-40-20-18-39(4)19-21-40/h9-11,13,15,22-23,25,30-31H,6-8,12,14,16-21,24H2,1-5H3,(H,38,43)/t30-,31+/m0/s1. The molecule has 2 aromatic carbocycles. The van der Waals surface area contributed by atoms with E-state index >= 15 is 0 Å². The number of carbonyl (C=O) groups is 5. The van der Waals surface area contributed by atoms with Crippen molar-refractivity contribution in [1.29, 1.82) is 0 Å². The van der Waals surface area contributed by atoms with Crippen LogP contribution in [0, 0.1) is 5.41 Å². The van der Waals surface area contributed by atoms with Crippen molar-refractivity contribution in [1.82, 2.24) is 14.7 Å². The summed E-state index contributed by atoms with van der Waals surface area (Å²) in [6, 6.07) is 11.7. The summed E-state index contributed by atoms with van der Waals surface area (Å²) in [6.07, 6.45) is 3.24. The van der Waals surface area contributed by atoms with Crippen molar-refractivity contribution < 1.29 is 33.4 Å². The number of piperazine rings is 1. The average Bonchev–Trinajstić information content (AvgIpc) is 3.10. The molecule has 0 unspecified atom stereocenters. The Kier molecular flexibility index (Phi) is 12.9. The van der Waals surface area contributed by atoms with E-state index in [4.69, 9.17) is 9.47 Å². The van der Waals surface area contributed by atoms with Gasteiger partial charge >= 0.3 is 5.97 Å². The summed E-state index contributed by atoms with van der Waals surface area (Å²) in [5, 5.41) is 2.99. The number of carbonyl (C=O) groups excluding carboxylic acids is 5. The van der Waals surface area contributed by atoms with Gasteiger partial charge in [-0.1, -0.05) is 39.0 Å². The van der Waals surface area contributed by atoms with Crippen LogP contribution in [0.5, 0.6) is 5.75 Å². The van der Waals surface area contributed by atoms with E-state index in [2.05, 4.69) is 22.2 Å². The molecule has 2 atom stereocenters. The molecule has 1 N–H and O–H groups in total. The van der Waals surface area contributed by atoms with Crippen LogP contribution in [0.1, 0.15) is 80.5 Å². The van der Waals surface area contributed by atoms with E-state index < -0.39 is 35.2 Å². The summed E-state index contributed by atoms with van der Waals surface area (Å²) >= 11 is 0. The Morgan fingerprint density at radius 1 is 1.02 bits per heavy atom. The van der Waals surface area contributed by atoms with Crippen molar-refractivity contribution in [3.05, 3.63) is 59.2 Å². The van der Waals surface area contributed by atoms with Gasteiger partial charge in [-0.2, -0.15) is 0 Å². The molecule has 0 saturated carbocycles. The molecule has 2 aromatic rings. The molecule has 48 heavy (non-hydrogen) atoms. The molecule has 0 bridgehead atoms. The number of amides is 2. The van der Waals surface area contributed by atoms with Crippen molar-refractivity contribution in [2.75, 3.05) is 58.7 Å². The fraction of sp³-hybridized carbons (Fsp3) is 0.541. The maximum atomic E-state index is 13.9. The summed E-state index contributed by atoms with van der Waals surface area (Å²) in [6.45, 7) is 9.42. The van der Waals surface area contributed by atoms with Gasteiger partial charge in [-0.25, -0.2) is 4.79 Å². The first-order valence-electron chi connectivity index (χ1n) is 16.9. The van der Waals surface area contributed by atoms with Gasteiger partial charge in [0.05, 0.1) is 19.2 Å². The van der Waals surface area contributed by atoms with E-state index in [1.165, 1.54) is 12.0 Å². The number of rotatable bonds is 14. The highest BCUT2D eigenvalue weighted by molar-refractivity contribution is 6.38. The third-order valence-electron chi connectivity index (χ3n) is 9.61. The van der Waals surface area contributed by atoms with Crippen LogP contribution in [0.3, 0.4) is 0 Å². The van der Waals surface area contributed by atoms with Crippen LogP contribution >= 0.6 is 0 Å². The topological polar surface area (TPSA) is 126 Å². The molecule has 2 aliphatic heterocycles. The molecular weight excluding hydrogens is 612 g/mol. The zero-order chi connectivity index (χ0) is 34.8. The highest BCUT2D eigenvalue weighted by Gasteiger charge is 2.41. The number of ketones is 1. The first-order valence-corrected chi connectivity index (χ1v) is 16.9. The number of aldehydes is 1. The molecule has 4 rings (SSSR count). The quantitative estimate of drug-likeness (QED) is 0.179. The zero-order valence-electron chi connectivity index (χ0n) is 29.0. The molecular formula is C37H50N4O7. The number of benzene rings is 2. The van der Waals surface area contributed by atoms with Crippen molar-refractivity contribution in [2.24, 2.45) is 5.41 Å². The Balaban J connectivity index is 1.55. The lowest BCUT2D eigenvalue weighted by Gasteiger charge is -2.36. The van der Waals surface area contributed by atoms with Crippen molar-refractivity contribution in [2.45, 2.75) is 71.4 Å². The van der Waals surface area contributed by atoms with Crippen LogP contribution in [-0.2, 0) is 30.3 Å². The predicted molar refractivity (Wildman–Crippen MR) is 183 cm³/mol. The number of hydrogen-bond donors (Lipinski definition) is 1. The van der Waals surface area contributed by atoms with Gasteiger partial charge in [0.1, 0.15) is 17.9 Å². The fourth-order valence-electron chi connectivity index (χ4n) is 6.05. The number of esters is 1. The van der Waals surface area contributed by atoms with Gasteiger partial charge in [-0.15, -0.1) is 0 Å². The number of likely N-dealkylation sites (N-methyl/N-ethyl adjacent to an activating group) is 1. The van der Waals surface area contributed by atoms with E-state index in [9.17, 15) is 24.0 Å². The fourth-order valence-corrected chi connectivity index (χ4v) is 6.05. The number of piperidine rings is 1. The summed E-state index contributed by atoms with van der Waals surface area (Å²) < 4.78 is 11.6. The average molecular weight is 663 g/mol. The Labute approximate surface area is 283 Å². The molecule has 0 spiro atoms. The lowest BCUT2D eigenvalue weighted by Crippen LogP contribution is -2.53. The third-order valence-corrected chi connectivity index (χ3v) is 9.61. The highest BCUT2D eigenvalue weighted by atomic mass is 16.5. The van der Waals surface area contributed by atoms with Crippen molar-refractivity contribution >= 4 is 35.5 Å². The first-order chi connectivity index (χ1) is 22.9.